The highest BCUT2D eigenvalue weighted by atomic mass is 32.3. The number of pyridine rings is 2. The van der Waals surface area contributed by atoms with Gasteiger partial charge in [0.15, 0.2) is 11.5 Å². The van der Waals surface area contributed by atoms with E-state index in [1.54, 1.807) is 6.20 Å². The van der Waals surface area contributed by atoms with Crippen LogP contribution in [0.25, 0.3) is 16.7 Å². The van der Waals surface area contributed by atoms with Crippen molar-refractivity contribution in [3.8, 4) is 5.69 Å². The number of amides is 1. The molecule has 1 fully saturated rings. The Morgan fingerprint density at radius 2 is 1.76 bits per heavy atom. The number of para-hydroxylation sites is 1. The molecule has 0 N–H and O–H groups in total. The van der Waals surface area contributed by atoms with Crippen LogP contribution in [0.5, 0.6) is 0 Å². The van der Waals surface area contributed by atoms with Gasteiger partial charge in [-0.3, -0.25) is 23.4 Å². The average Bonchev–Trinajstić information content (AvgIpc) is 3.32. The highest BCUT2D eigenvalue weighted by molar-refractivity contribution is 8.32. The third kappa shape index (κ3) is 3.12. The summed E-state index contributed by atoms with van der Waals surface area (Å²) in [4.78, 5) is 37.9. The molecule has 0 bridgehead atoms. The number of carbonyl (C=O) groups excluding carboxylic acids is 1. The fourth-order valence-electron chi connectivity index (χ4n) is 5.77. The molecular formula is C27H27N7O2S. The topological polar surface area (TPSA) is 87.5 Å². The molecule has 0 saturated carbocycles. The van der Waals surface area contributed by atoms with Gasteiger partial charge in [0, 0.05) is 55.9 Å². The van der Waals surface area contributed by atoms with Crippen molar-refractivity contribution in [3.63, 3.8) is 0 Å². The molecule has 0 spiro atoms. The van der Waals surface area contributed by atoms with E-state index in [1.807, 2.05) is 51.3 Å². The molecule has 1 amide bonds. The molecule has 1 saturated heterocycles. The minimum absolute atomic E-state index is 0.198. The number of nitrogens with zero attached hydrogens (tertiary/aromatic N) is 7. The fourth-order valence-corrected chi connectivity index (χ4v) is 9.33. The summed E-state index contributed by atoms with van der Waals surface area (Å²) >= 11 is 0. The fraction of sp³-hybridized carbons (Fsp3) is 0.296. The molecule has 9 nitrogen and oxygen atoms in total. The molecule has 1 unspecified atom stereocenters. The molecular weight excluding hydrogens is 486 g/mol. The van der Waals surface area contributed by atoms with E-state index in [4.69, 9.17) is 0 Å². The van der Waals surface area contributed by atoms with E-state index in [2.05, 4.69) is 44.4 Å². The molecule has 3 aliphatic rings. The Bertz CT molecular complexity index is 1630. The molecule has 1 aromatic carbocycles. The van der Waals surface area contributed by atoms with Crippen LogP contribution in [-0.4, -0.2) is 80.9 Å². The van der Waals surface area contributed by atoms with E-state index in [1.165, 1.54) is 0 Å². The molecule has 3 aliphatic heterocycles. The maximum atomic E-state index is 14.0. The molecule has 7 rings (SSSR count). The summed E-state index contributed by atoms with van der Waals surface area (Å²) in [5.41, 5.74) is 2.44. The van der Waals surface area contributed by atoms with E-state index in [0.29, 0.717) is 29.8 Å². The van der Waals surface area contributed by atoms with Gasteiger partial charge in [-0.15, -0.1) is 10.2 Å². The van der Waals surface area contributed by atoms with E-state index in [-0.39, 0.29) is 16.9 Å². The van der Waals surface area contributed by atoms with Crippen molar-refractivity contribution < 1.29 is 4.79 Å². The van der Waals surface area contributed by atoms with Crippen molar-refractivity contribution in [1.29, 1.82) is 0 Å². The largest absolute Gasteiger partial charge is 0.353 e. The van der Waals surface area contributed by atoms with E-state index in [0.717, 1.165) is 47.5 Å². The predicted octanol–water partition coefficient (Wildman–Crippen LogP) is 2.71. The second-order valence-corrected chi connectivity index (χ2v) is 12.9. The van der Waals surface area contributed by atoms with Crippen LogP contribution in [0.3, 0.4) is 0 Å². The standard InChI is InChI=1S/C27H27N7O2S/c1-31-13-15-32(16-14-31)22-17-19-24(35)23-26(36)33(12-10-18-7-5-6-11-28-18)37(2)21-9-4-3-8-20(21)34(27(23)37)25(19)30-29-22/h3-9,11,17H,10,12-16H2,1-2H3. The van der Waals surface area contributed by atoms with Gasteiger partial charge in [-0.1, -0.05) is 28.4 Å². The van der Waals surface area contributed by atoms with Gasteiger partial charge in [-0.25, -0.2) is 0 Å². The zero-order valence-electron chi connectivity index (χ0n) is 20.8. The lowest BCUT2D eigenvalue weighted by Crippen LogP contribution is -2.45. The van der Waals surface area contributed by atoms with E-state index < -0.39 is 10.2 Å². The number of hydrogen-bond donors (Lipinski definition) is 0. The molecule has 10 heteroatoms. The second kappa shape index (κ2) is 8.12. The number of fused-ring (bicyclic) bond motifs is 5. The Balaban J connectivity index is 1.41. The second-order valence-electron chi connectivity index (χ2n) is 9.90. The van der Waals surface area contributed by atoms with Gasteiger partial charge >= 0.3 is 0 Å². The Hall–Kier alpha value is -3.76. The molecule has 0 aliphatic carbocycles. The Morgan fingerprint density at radius 3 is 2.54 bits per heavy atom. The van der Waals surface area contributed by atoms with Gasteiger partial charge < -0.3 is 9.80 Å². The van der Waals surface area contributed by atoms with Gasteiger partial charge in [-0.2, -0.15) is 0 Å². The van der Waals surface area contributed by atoms with Crippen LogP contribution in [-0.2, 0) is 6.42 Å². The van der Waals surface area contributed by atoms with Crippen molar-refractivity contribution in [2.75, 3.05) is 50.9 Å². The Labute approximate surface area is 215 Å². The maximum absolute atomic E-state index is 14.0. The zero-order chi connectivity index (χ0) is 25.3. The summed E-state index contributed by atoms with van der Waals surface area (Å²) < 4.78 is 3.94. The van der Waals surface area contributed by atoms with Gasteiger partial charge in [0.05, 0.1) is 11.1 Å². The quantitative estimate of drug-likeness (QED) is 0.415. The van der Waals surface area contributed by atoms with Crippen LogP contribution in [0, 0.1) is 0 Å². The number of likely N-dealkylation sites (N-methyl/N-ethyl adjacent to an activating group) is 1. The van der Waals surface area contributed by atoms with Crippen molar-refractivity contribution in [3.05, 3.63) is 76.2 Å². The zero-order valence-corrected chi connectivity index (χ0v) is 21.6. The van der Waals surface area contributed by atoms with Crippen molar-refractivity contribution in [1.82, 2.24) is 29.0 Å². The molecule has 3 aromatic heterocycles. The number of rotatable bonds is 4. The lowest BCUT2D eigenvalue weighted by atomic mass is 10.1. The Morgan fingerprint density at radius 1 is 0.973 bits per heavy atom. The maximum Gasteiger partial charge on any atom is 0.269 e. The number of carbonyl (C=O) groups is 1. The molecule has 37 heavy (non-hydrogen) atoms. The summed E-state index contributed by atoms with van der Waals surface area (Å²) in [5.74, 6) is 0.487. The third-order valence-electron chi connectivity index (χ3n) is 7.78. The first-order valence-electron chi connectivity index (χ1n) is 12.5. The highest BCUT2D eigenvalue weighted by Crippen LogP contribution is 2.72. The van der Waals surface area contributed by atoms with Crippen LogP contribution in [0.2, 0.25) is 0 Å². The molecule has 1 atom stereocenters. The average molecular weight is 514 g/mol. The van der Waals surface area contributed by atoms with Gasteiger partial charge in [0.1, 0.15) is 10.6 Å². The van der Waals surface area contributed by atoms with Gasteiger partial charge in [-0.05, 0) is 43.6 Å². The molecule has 188 valence electrons. The number of piperazine rings is 1. The first-order valence-corrected chi connectivity index (χ1v) is 14.5. The first-order chi connectivity index (χ1) is 18.0. The van der Waals surface area contributed by atoms with E-state index >= 15 is 0 Å². The molecule has 6 heterocycles. The molecule has 4 aromatic rings. The summed E-state index contributed by atoms with van der Waals surface area (Å²) in [5, 5.41) is 10.4. The minimum Gasteiger partial charge on any atom is -0.353 e. The smallest absolute Gasteiger partial charge is 0.269 e. The normalized spacial score (nSPS) is 22.3. The first kappa shape index (κ1) is 22.4. The van der Waals surface area contributed by atoms with Gasteiger partial charge in [0.2, 0.25) is 5.43 Å². The lowest BCUT2D eigenvalue weighted by Gasteiger charge is -2.38. The number of anilines is 1. The van der Waals surface area contributed by atoms with Crippen molar-refractivity contribution in [2.45, 2.75) is 16.3 Å². The molecule has 0 radical (unpaired) electrons. The van der Waals surface area contributed by atoms with Crippen LogP contribution in [0.4, 0.5) is 5.82 Å². The van der Waals surface area contributed by atoms with Crippen LogP contribution in [0.15, 0.2) is 69.4 Å². The lowest BCUT2D eigenvalue weighted by molar-refractivity contribution is 0.0874. The number of hydrogen-bond acceptors (Lipinski definition) is 7. The van der Waals surface area contributed by atoms with Crippen LogP contribution < -0.4 is 10.3 Å². The summed E-state index contributed by atoms with van der Waals surface area (Å²) in [6.45, 7) is 3.97. The Kier molecular flexibility index (Phi) is 4.93. The summed E-state index contributed by atoms with van der Waals surface area (Å²) in [6, 6.07) is 15.8. The predicted molar refractivity (Wildman–Crippen MR) is 144 cm³/mol. The number of aromatic nitrogens is 4. The van der Waals surface area contributed by atoms with E-state index in [9.17, 15) is 9.59 Å². The van der Waals surface area contributed by atoms with Crippen molar-refractivity contribution in [2.24, 2.45) is 0 Å². The number of benzene rings is 1. The third-order valence-corrected chi connectivity index (χ3v) is 11.3. The summed E-state index contributed by atoms with van der Waals surface area (Å²) in [7, 11) is 0.157. The minimum atomic E-state index is -1.94. The van der Waals surface area contributed by atoms with Crippen LogP contribution >= 0.6 is 10.2 Å². The van der Waals surface area contributed by atoms with Gasteiger partial charge in [0.25, 0.3) is 5.91 Å². The summed E-state index contributed by atoms with van der Waals surface area (Å²) in [6.07, 6.45) is 4.50. The van der Waals surface area contributed by atoms with Crippen molar-refractivity contribution >= 4 is 33.0 Å². The SMILES string of the molecule is CN1CCN(c2cc3c(=O)c4c5n(c3nn2)-c2ccccc2S5(C)N(CCc2ccccn2)C4=O)CC1. The van der Waals surface area contributed by atoms with Crippen LogP contribution in [0.1, 0.15) is 16.1 Å². The highest BCUT2D eigenvalue weighted by Gasteiger charge is 2.52. The monoisotopic (exact) mass is 513 g/mol.